The van der Waals surface area contributed by atoms with Gasteiger partial charge in [0.05, 0.1) is 20.6 Å². The van der Waals surface area contributed by atoms with Gasteiger partial charge < -0.3 is 10.1 Å². The van der Waals surface area contributed by atoms with Crippen molar-refractivity contribution in [1.29, 1.82) is 0 Å². The molecule has 35 heavy (non-hydrogen) atoms. The number of carbonyl (C=O) groups is 2. The molecule has 1 aliphatic heterocycles. The van der Waals surface area contributed by atoms with Crippen LogP contribution in [-0.2, 0) is 9.59 Å². The quantitative estimate of drug-likeness (QED) is 0.267. The van der Waals surface area contributed by atoms with Crippen molar-refractivity contribution >= 4 is 80.8 Å². The third-order valence-electron chi connectivity index (χ3n) is 5.12. The molecule has 1 saturated heterocycles. The first-order valence-electron chi connectivity index (χ1n) is 10.5. The molecule has 0 aliphatic carbocycles. The molecule has 0 radical (unpaired) electrons. The monoisotopic (exact) mass is 542 g/mol. The Hall–Kier alpha value is -2.84. The molecule has 1 N–H and O–H groups in total. The van der Waals surface area contributed by atoms with Crippen LogP contribution in [0.5, 0.6) is 5.75 Å². The zero-order valence-electron chi connectivity index (χ0n) is 18.8. The molecule has 5 nitrogen and oxygen atoms in total. The number of anilines is 2. The first-order chi connectivity index (χ1) is 16.7. The van der Waals surface area contributed by atoms with Gasteiger partial charge in [0.25, 0.3) is 11.8 Å². The molecule has 0 aromatic heterocycles. The van der Waals surface area contributed by atoms with E-state index in [9.17, 15) is 9.59 Å². The number of ether oxygens (including phenoxy) is 1. The second kappa shape index (κ2) is 10.8. The molecular weight excluding hydrogens is 523 g/mol. The highest BCUT2D eigenvalue weighted by Crippen LogP contribution is 2.37. The summed E-state index contributed by atoms with van der Waals surface area (Å²) in [7, 11) is 0. The van der Waals surface area contributed by atoms with Gasteiger partial charge in [0.1, 0.15) is 5.75 Å². The highest BCUT2D eigenvalue weighted by Gasteiger charge is 2.34. The van der Waals surface area contributed by atoms with E-state index in [0.29, 0.717) is 30.7 Å². The van der Waals surface area contributed by atoms with Gasteiger partial charge in [0.15, 0.2) is 10.9 Å². The predicted molar refractivity (Wildman–Crippen MR) is 149 cm³/mol. The van der Waals surface area contributed by atoms with Crippen molar-refractivity contribution in [3.8, 4) is 5.75 Å². The van der Waals surface area contributed by atoms with Gasteiger partial charge in [-0.2, -0.15) is 0 Å². The van der Waals surface area contributed by atoms with Crippen LogP contribution in [0.1, 0.15) is 16.7 Å². The number of nitrogens with zero attached hydrogens (tertiary/aromatic N) is 1. The second-order valence-electron chi connectivity index (χ2n) is 7.85. The first-order valence-corrected chi connectivity index (χ1v) is 12.5. The molecular formula is C26H20Cl2N2O3S2. The summed E-state index contributed by atoms with van der Waals surface area (Å²) in [5.74, 6) is -0.0182. The van der Waals surface area contributed by atoms with Crippen LogP contribution in [0.2, 0.25) is 10.0 Å². The van der Waals surface area contributed by atoms with Gasteiger partial charge in [0, 0.05) is 5.69 Å². The summed E-state index contributed by atoms with van der Waals surface area (Å²) >= 11 is 18.6. The maximum atomic E-state index is 13.1. The van der Waals surface area contributed by atoms with E-state index in [1.165, 1.54) is 11.8 Å². The summed E-state index contributed by atoms with van der Waals surface area (Å²) in [5.41, 5.74) is 4.17. The third-order valence-corrected chi connectivity index (χ3v) is 7.16. The van der Waals surface area contributed by atoms with Gasteiger partial charge in [0.2, 0.25) is 0 Å². The summed E-state index contributed by atoms with van der Waals surface area (Å²) in [5, 5.41) is 3.46. The predicted octanol–water partition coefficient (Wildman–Crippen LogP) is 7.03. The molecule has 0 atom stereocenters. The lowest BCUT2D eigenvalue weighted by atomic mass is 10.1. The van der Waals surface area contributed by atoms with Gasteiger partial charge in [-0.25, -0.2) is 0 Å². The van der Waals surface area contributed by atoms with E-state index >= 15 is 0 Å². The molecule has 2 amide bonds. The normalized spacial score (nSPS) is 14.5. The standard InChI is InChI=1S/C26H20Cl2N2O3S2/c1-15-6-9-22(16(2)10-15)30-25(32)23(35-26(30)34)12-17-4-3-5-19(11-17)33-14-24(31)29-18-7-8-20(27)21(28)13-18/h3-13H,14H2,1-2H3,(H,29,31)/b23-12-. The number of carbonyl (C=O) groups excluding carboxylic acids is 2. The van der Waals surface area contributed by atoms with Gasteiger partial charge in [-0.15, -0.1) is 0 Å². The number of hydrogen-bond donors (Lipinski definition) is 1. The fraction of sp³-hybridized carbons (Fsp3) is 0.115. The van der Waals surface area contributed by atoms with E-state index in [1.807, 2.05) is 38.1 Å². The Bertz CT molecular complexity index is 1370. The second-order valence-corrected chi connectivity index (χ2v) is 10.3. The van der Waals surface area contributed by atoms with Gasteiger partial charge >= 0.3 is 0 Å². The molecule has 178 valence electrons. The topological polar surface area (TPSA) is 58.6 Å². The van der Waals surface area contributed by atoms with E-state index in [1.54, 1.807) is 47.4 Å². The fourth-order valence-corrected chi connectivity index (χ4v) is 5.08. The van der Waals surface area contributed by atoms with Gasteiger partial charge in [-0.3, -0.25) is 14.5 Å². The Morgan fingerprint density at radius 1 is 1.09 bits per heavy atom. The SMILES string of the molecule is Cc1ccc(N2C(=O)/C(=C/c3cccc(OCC(=O)Nc4ccc(Cl)c(Cl)c4)c3)SC2=S)c(C)c1. The van der Waals surface area contributed by atoms with Crippen molar-refractivity contribution in [3.05, 3.63) is 92.3 Å². The van der Waals surface area contributed by atoms with Crippen LogP contribution >= 0.6 is 47.2 Å². The number of thiocarbonyl (C=S) groups is 1. The minimum atomic E-state index is -0.344. The summed E-state index contributed by atoms with van der Waals surface area (Å²) < 4.78 is 6.12. The summed E-state index contributed by atoms with van der Waals surface area (Å²) in [6.45, 7) is 3.77. The van der Waals surface area contributed by atoms with E-state index in [4.69, 9.17) is 40.2 Å². The van der Waals surface area contributed by atoms with Crippen LogP contribution in [-0.4, -0.2) is 22.7 Å². The van der Waals surface area contributed by atoms with Gasteiger partial charge in [-0.05, 0) is 67.4 Å². The number of aryl methyl sites for hydroxylation is 2. The lowest BCUT2D eigenvalue weighted by Gasteiger charge is -2.17. The number of benzene rings is 3. The van der Waals surface area contributed by atoms with E-state index in [0.717, 1.165) is 22.4 Å². The molecule has 0 saturated carbocycles. The van der Waals surface area contributed by atoms with Gasteiger partial charge in [-0.1, -0.05) is 77.0 Å². The summed E-state index contributed by atoms with van der Waals surface area (Å²) in [6, 6.07) is 17.9. The minimum absolute atomic E-state index is 0.167. The van der Waals surface area contributed by atoms with Crippen molar-refractivity contribution in [1.82, 2.24) is 0 Å². The van der Waals surface area contributed by atoms with E-state index in [2.05, 4.69) is 5.32 Å². The molecule has 0 bridgehead atoms. The lowest BCUT2D eigenvalue weighted by Crippen LogP contribution is -2.28. The number of amides is 2. The Morgan fingerprint density at radius 2 is 1.89 bits per heavy atom. The lowest BCUT2D eigenvalue weighted by molar-refractivity contribution is -0.118. The zero-order chi connectivity index (χ0) is 25.1. The van der Waals surface area contributed by atoms with E-state index < -0.39 is 0 Å². The first kappa shape index (κ1) is 25.3. The van der Waals surface area contributed by atoms with Crippen molar-refractivity contribution in [3.63, 3.8) is 0 Å². The highest BCUT2D eigenvalue weighted by molar-refractivity contribution is 8.27. The van der Waals surface area contributed by atoms with Crippen LogP contribution in [0, 0.1) is 13.8 Å². The smallest absolute Gasteiger partial charge is 0.270 e. The van der Waals surface area contributed by atoms with Crippen LogP contribution < -0.4 is 15.0 Å². The Kier molecular flexibility index (Phi) is 7.82. The fourth-order valence-electron chi connectivity index (χ4n) is 3.50. The van der Waals surface area contributed by atoms with Crippen LogP contribution in [0.4, 0.5) is 11.4 Å². The Balaban J connectivity index is 1.43. The van der Waals surface area contributed by atoms with Crippen molar-refractivity contribution in [2.45, 2.75) is 13.8 Å². The van der Waals surface area contributed by atoms with Crippen LogP contribution in [0.3, 0.4) is 0 Å². The zero-order valence-corrected chi connectivity index (χ0v) is 21.9. The number of halogens is 2. The molecule has 3 aromatic rings. The largest absolute Gasteiger partial charge is 0.484 e. The number of rotatable bonds is 6. The number of nitrogens with one attached hydrogen (secondary N) is 1. The van der Waals surface area contributed by atoms with Crippen molar-refractivity contribution in [2.24, 2.45) is 0 Å². The average molecular weight is 543 g/mol. The third kappa shape index (κ3) is 6.05. The molecule has 9 heteroatoms. The Labute approximate surface area is 223 Å². The summed E-state index contributed by atoms with van der Waals surface area (Å²) in [4.78, 5) is 27.5. The minimum Gasteiger partial charge on any atom is -0.484 e. The number of hydrogen-bond acceptors (Lipinski definition) is 5. The Morgan fingerprint density at radius 3 is 2.63 bits per heavy atom. The van der Waals surface area contributed by atoms with E-state index in [-0.39, 0.29) is 18.4 Å². The van der Waals surface area contributed by atoms with Crippen LogP contribution in [0.25, 0.3) is 6.08 Å². The molecule has 0 unspecified atom stereocenters. The molecule has 4 rings (SSSR count). The molecule has 1 aliphatic rings. The molecule has 3 aromatic carbocycles. The molecule has 0 spiro atoms. The summed E-state index contributed by atoms with van der Waals surface area (Å²) in [6.07, 6.45) is 1.77. The maximum Gasteiger partial charge on any atom is 0.270 e. The maximum absolute atomic E-state index is 13.1. The highest BCUT2D eigenvalue weighted by atomic mass is 35.5. The molecule has 1 fully saturated rings. The van der Waals surface area contributed by atoms with Crippen molar-refractivity contribution < 1.29 is 14.3 Å². The average Bonchev–Trinajstić information content (AvgIpc) is 3.08. The van der Waals surface area contributed by atoms with Crippen molar-refractivity contribution in [2.75, 3.05) is 16.8 Å². The van der Waals surface area contributed by atoms with Crippen LogP contribution in [0.15, 0.2) is 65.6 Å². The number of thioether (sulfide) groups is 1. The molecule has 1 heterocycles.